The molecule has 11 heteroatoms. The van der Waals surface area contributed by atoms with Crippen molar-refractivity contribution in [2.75, 3.05) is 17.1 Å². The van der Waals surface area contributed by atoms with E-state index in [9.17, 15) is 13.2 Å². The molecule has 0 unspecified atom stereocenters. The van der Waals surface area contributed by atoms with E-state index in [0.717, 1.165) is 10.4 Å². The molecule has 0 bridgehead atoms. The first-order chi connectivity index (χ1) is 17.2. The summed E-state index contributed by atoms with van der Waals surface area (Å²) in [5, 5.41) is 15.0. The fourth-order valence-corrected chi connectivity index (χ4v) is 5.51. The Kier molecular flexibility index (Phi) is 7.02. The molecule has 36 heavy (non-hydrogen) atoms. The molecule has 2 N–H and O–H groups in total. The number of amides is 1. The van der Waals surface area contributed by atoms with E-state index in [1.54, 1.807) is 69.5 Å². The van der Waals surface area contributed by atoms with Crippen molar-refractivity contribution >= 4 is 27.3 Å². The standard InChI is InChI=1S/C25H26N6O4S/c1-16-13-17(2)24(18(3)14-16)36(33,34)29-22-8-6-5-7-21(22)25-27-30-31(28-25)15-23(32)26-19-9-11-20(35-4)12-10-19/h5-14,29H,15H2,1-4H3,(H,26,32). The molecule has 1 heterocycles. The Labute approximate surface area is 209 Å². The second kappa shape index (κ2) is 10.2. The molecule has 0 atom stereocenters. The molecule has 0 saturated heterocycles. The lowest BCUT2D eigenvalue weighted by Crippen LogP contribution is -2.20. The lowest BCUT2D eigenvalue weighted by molar-refractivity contribution is -0.117. The second-order valence-corrected chi connectivity index (χ2v) is 9.92. The molecule has 0 aliphatic rings. The quantitative estimate of drug-likeness (QED) is 0.373. The summed E-state index contributed by atoms with van der Waals surface area (Å²) in [6.07, 6.45) is 0. The van der Waals surface area contributed by atoms with Gasteiger partial charge in [0.05, 0.1) is 17.7 Å². The fraction of sp³-hybridized carbons (Fsp3) is 0.200. The van der Waals surface area contributed by atoms with Crippen molar-refractivity contribution in [3.63, 3.8) is 0 Å². The number of rotatable bonds is 8. The monoisotopic (exact) mass is 506 g/mol. The third-order valence-corrected chi connectivity index (χ3v) is 7.07. The van der Waals surface area contributed by atoms with Crippen LogP contribution in [0.5, 0.6) is 5.75 Å². The van der Waals surface area contributed by atoms with Crippen molar-refractivity contribution in [2.45, 2.75) is 32.2 Å². The van der Waals surface area contributed by atoms with Crippen LogP contribution in [-0.4, -0.2) is 41.6 Å². The highest BCUT2D eigenvalue weighted by atomic mass is 32.2. The van der Waals surface area contributed by atoms with Gasteiger partial charge >= 0.3 is 0 Å². The number of hydrogen-bond donors (Lipinski definition) is 2. The van der Waals surface area contributed by atoms with E-state index in [1.165, 1.54) is 0 Å². The zero-order chi connectivity index (χ0) is 25.9. The van der Waals surface area contributed by atoms with Gasteiger partial charge in [0.25, 0.3) is 10.0 Å². The number of aryl methyl sites for hydroxylation is 3. The Morgan fingerprint density at radius 3 is 2.33 bits per heavy atom. The summed E-state index contributed by atoms with van der Waals surface area (Å²) in [5.74, 6) is 0.517. The van der Waals surface area contributed by atoms with Gasteiger partial charge in [-0.1, -0.05) is 29.8 Å². The maximum absolute atomic E-state index is 13.3. The largest absolute Gasteiger partial charge is 0.497 e. The first kappa shape index (κ1) is 24.9. The van der Waals surface area contributed by atoms with Gasteiger partial charge < -0.3 is 10.1 Å². The van der Waals surface area contributed by atoms with E-state index >= 15 is 0 Å². The SMILES string of the molecule is COc1ccc(NC(=O)Cn2nnc(-c3ccccc3NS(=O)(=O)c3c(C)cc(C)cc3C)n2)cc1. The molecule has 4 rings (SSSR count). The van der Waals surface area contributed by atoms with Crippen LogP contribution in [0.15, 0.2) is 65.6 Å². The van der Waals surface area contributed by atoms with Gasteiger partial charge in [0.1, 0.15) is 12.3 Å². The number of anilines is 2. The number of ether oxygens (including phenoxy) is 1. The first-order valence-electron chi connectivity index (χ1n) is 11.1. The first-order valence-corrected chi connectivity index (χ1v) is 12.6. The van der Waals surface area contributed by atoms with Crippen LogP contribution in [-0.2, 0) is 21.4 Å². The molecule has 0 aliphatic heterocycles. The van der Waals surface area contributed by atoms with E-state index in [-0.39, 0.29) is 23.2 Å². The highest BCUT2D eigenvalue weighted by Gasteiger charge is 2.22. The van der Waals surface area contributed by atoms with E-state index in [2.05, 4.69) is 25.4 Å². The molecular weight excluding hydrogens is 480 g/mol. The summed E-state index contributed by atoms with van der Waals surface area (Å²) in [5.41, 5.74) is 3.64. The number of para-hydroxylation sites is 1. The topological polar surface area (TPSA) is 128 Å². The molecule has 0 radical (unpaired) electrons. The maximum atomic E-state index is 13.3. The van der Waals surface area contributed by atoms with Gasteiger partial charge in [-0.15, -0.1) is 10.2 Å². The summed E-state index contributed by atoms with van der Waals surface area (Å²) in [6.45, 7) is 5.29. The summed E-state index contributed by atoms with van der Waals surface area (Å²) < 4.78 is 34.3. The molecule has 186 valence electrons. The predicted molar refractivity (Wildman–Crippen MR) is 136 cm³/mol. The molecule has 0 saturated carbocycles. The van der Waals surface area contributed by atoms with Crippen molar-refractivity contribution in [1.82, 2.24) is 20.2 Å². The Hall–Kier alpha value is -4.25. The normalized spacial score (nSPS) is 11.2. The summed E-state index contributed by atoms with van der Waals surface area (Å²) in [7, 11) is -2.31. The number of tetrazole rings is 1. The van der Waals surface area contributed by atoms with Crippen molar-refractivity contribution < 1.29 is 17.9 Å². The fourth-order valence-electron chi connectivity index (χ4n) is 3.97. The molecule has 3 aromatic carbocycles. The number of nitrogens with zero attached hydrogens (tertiary/aromatic N) is 4. The smallest absolute Gasteiger partial charge is 0.262 e. The minimum Gasteiger partial charge on any atom is -0.497 e. The Bertz CT molecular complexity index is 1490. The minimum absolute atomic E-state index is 0.172. The number of methoxy groups -OCH3 is 1. The number of carbonyl (C=O) groups excluding carboxylic acids is 1. The summed E-state index contributed by atoms with van der Waals surface area (Å²) in [4.78, 5) is 13.8. The molecule has 0 fully saturated rings. The van der Waals surface area contributed by atoms with E-state index in [1.807, 2.05) is 19.1 Å². The van der Waals surface area contributed by atoms with Gasteiger partial charge in [-0.3, -0.25) is 9.52 Å². The third-order valence-electron chi connectivity index (χ3n) is 5.40. The van der Waals surface area contributed by atoms with Gasteiger partial charge in [-0.05, 0) is 73.5 Å². The zero-order valence-corrected chi connectivity index (χ0v) is 21.1. The molecular formula is C25H26N6O4S. The van der Waals surface area contributed by atoms with Crippen LogP contribution < -0.4 is 14.8 Å². The summed E-state index contributed by atoms with van der Waals surface area (Å²) in [6, 6.07) is 17.3. The molecule has 0 aliphatic carbocycles. The van der Waals surface area contributed by atoms with Gasteiger partial charge in [0.15, 0.2) is 0 Å². The van der Waals surface area contributed by atoms with Crippen LogP contribution >= 0.6 is 0 Å². The zero-order valence-electron chi connectivity index (χ0n) is 20.3. The van der Waals surface area contributed by atoms with Crippen LogP contribution in [0.1, 0.15) is 16.7 Å². The van der Waals surface area contributed by atoms with Crippen molar-refractivity contribution in [3.05, 3.63) is 77.4 Å². The molecule has 10 nitrogen and oxygen atoms in total. The molecule has 1 aromatic heterocycles. The lowest BCUT2D eigenvalue weighted by atomic mass is 10.1. The number of hydrogen-bond acceptors (Lipinski definition) is 7. The number of aromatic nitrogens is 4. The van der Waals surface area contributed by atoms with Gasteiger partial charge in [0.2, 0.25) is 11.7 Å². The molecule has 4 aromatic rings. The average molecular weight is 507 g/mol. The Morgan fingerprint density at radius 1 is 1.00 bits per heavy atom. The number of nitrogens with one attached hydrogen (secondary N) is 2. The van der Waals surface area contributed by atoms with E-state index < -0.39 is 10.0 Å². The maximum Gasteiger partial charge on any atom is 0.262 e. The average Bonchev–Trinajstić information content (AvgIpc) is 3.26. The van der Waals surface area contributed by atoms with Crippen LogP contribution in [0, 0.1) is 20.8 Å². The van der Waals surface area contributed by atoms with Gasteiger partial charge in [0, 0.05) is 11.3 Å². The summed E-state index contributed by atoms with van der Waals surface area (Å²) >= 11 is 0. The Morgan fingerprint density at radius 2 is 1.67 bits per heavy atom. The van der Waals surface area contributed by atoms with Crippen molar-refractivity contribution in [1.29, 1.82) is 0 Å². The third kappa shape index (κ3) is 5.52. The Balaban J connectivity index is 1.53. The van der Waals surface area contributed by atoms with E-state index in [0.29, 0.717) is 33.8 Å². The predicted octanol–water partition coefficient (Wildman–Crippen LogP) is 3.71. The van der Waals surface area contributed by atoms with Gasteiger partial charge in [-0.2, -0.15) is 4.80 Å². The number of carbonyl (C=O) groups is 1. The molecule has 1 amide bonds. The van der Waals surface area contributed by atoms with E-state index in [4.69, 9.17) is 4.74 Å². The van der Waals surface area contributed by atoms with Crippen molar-refractivity contribution in [3.8, 4) is 17.1 Å². The number of sulfonamides is 1. The van der Waals surface area contributed by atoms with Gasteiger partial charge in [-0.25, -0.2) is 8.42 Å². The molecule has 0 spiro atoms. The lowest BCUT2D eigenvalue weighted by Gasteiger charge is -2.15. The van der Waals surface area contributed by atoms with Crippen LogP contribution in [0.4, 0.5) is 11.4 Å². The van der Waals surface area contributed by atoms with Crippen LogP contribution in [0.25, 0.3) is 11.4 Å². The van der Waals surface area contributed by atoms with Crippen LogP contribution in [0.3, 0.4) is 0 Å². The van der Waals surface area contributed by atoms with Crippen LogP contribution in [0.2, 0.25) is 0 Å². The minimum atomic E-state index is -3.88. The highest BCUT2D eigenvalue weighted by Crippen LogP contribution is 2.29. The van der Waals surface area contributed by atoms with Crippen molar-refractivity contribution in [2.24, 2.45) is 0 Å². The number of benzene rings is 3. The highest BCUT2D eigenvalue weighted by molar-refractivity contribution is 7.92. The second-order valence-electron chi connectivity index (χ2n) is 8.30.